The molecule has 1 aliphatic heterocycles. The molecule has 0 aromatic heterocycles. The van der Waals surface area contributed by atoms with Gasteiger partial charge in [-0.3, -0.25) is 0 Å². The Morgan fingerprint density at radius 1 is 1.57 bits per heavy atom. The Bertz CT molecular complexity index is 347. The highest BCUT2D eigenvalue weighted by atomic mass is 16.5. The maximum atomic E-state index is 9.33. The molecule has 1 atom stereocenters. The molecule has 0 amide bonds. The van der Waals surface area contributed by atoms with Gasteiger partial charge in [0.2, 0.25) is 0 Å². The van der Waals surface area contributed by atoms with Crippen molar-refractivity contribution in [2.24, 2.45) is 0 Å². The second-order valence-electron chi connectivity index (χ2n) is 3.46. The summed E-state index contributed by atoms with van der Waals surface area (Å²) in [5.41, 5.74) is 0.364. The number of aromatic hydroxyl groups is 1. The molecular weight excluding hydrogens is 182 g/mol. The monoisotopic (exact) mass is 195 g/mol. The Morgan fingerprint density at radius 3 is 3.00 bits per heavy atom. The van der Waals surface area contributed by atoms with E-state index in [1.165, 1.54) is 0 Å². The van der Waals surface area contributed by atoms with Gasteiger partial charge >= 0.3 is 0 Å². The molecular formula is C10H13NO3. The van der Waals surface area contributed by atoms with E-state index in [0.717, 1.165) is 5.56 Å². The lowest BCUT2D eigenvalue weighted by Crippen LogP contribution is -2.44. The molecule has 0 spiro atoms. The number of aliphatic hydroxyl groups excluding tert-OH is 1. The molecule has 1 unspecified atom stereocenters. The average Bonchev–Trinajstić information content (AvgIpc) is 2.56. The Morgan fingerprint density at radius 2 is 2.36 bits per heavy atom. The standard InChI is InChI=1S/C10H13NO3/c1-11-10(5-12)6-14-9-4-7(13)2-3-8(9)10/h2-4,11-13H,5-6H2,1H3. The molecule has 14 heavy (non-hydrogen) atoms. The smallest absolute Gasteiger partial charge is 0.128 e. The lowest BCUT2D eigenvalue weighted by atomic mass is 9.93. The number of hydrogen-bond donors (Lipinski definition) is 3. The molecule has 0 saturated carbocycles. The summed E-state index contributed by atoms with van der Waals surface area (Å²) in [6.45, 7) is 0.361. The third-order valence-corrected chi connectivity index (χ3v) is 2.70. The van der Waals surface area contributed by atoms with Crippen molar-refractivity contribution in [1.82, 2.24) is 5.32 Å². The first-order valence-electron chi connectivity index (χ1n) is 4.48. The number of hydrogen-bond acceptors (Lipinski definition) is 4. The minimum absolute atomic E-state index is 0.0265. The number of phenols is 1. The van der Waals surface area contributed by atoms with E-state index in [1.807, 2.05) is 0 Å². The van der Waals surface area contributed by atoms with Crippen LogP contribution in [0.25, 0.3) is 0 Å². The number of phenolic OH excluding ortho intramolecular Hbond substituents is 1. The number of rotatable bonds is 2. The minimum Gasteiger partial charge on any atom is -0.508 e. The summed E-state index contributed by atoms with van der Waals surface area (Å²) < 4.78 is 5.39. The summed E-state index contributed by atoms with van der Waals surface area (Å²) in [5, 5.41) is 21.6. The van der Waals surface area contributed by atoms with Crippen LogP contribution >= 0.6 is 0 Å². The number of fused-ring (bicyclic) bond motifs is 1. The van der Waals surface area contributed by atoms with Crippen LogP contribution in [0.15, 0.2) is 18.2 Å². The van der Waals surface area contributed by atoms with Gasteiger partial charge < -0.3 is 20.3 Å². The molecule has 0 saturated heterocycles. The molecule has 1 aromatic rings. The van der Waals surface area contributed by atoms with Crippen LogP contribution in [0.2, 0.25) is 0 Å². The number of benzene rings is 1. The summed E-state index contributed by atoms with van der Waals surface area (Å²) in [5.74, 6) is 0.807. The average molecular weight is 195 g/mol. The normalized spacial score (nSPS) is 24.4. The first kappa shape index (κ1) is 9.30. The van der Waals surface area contributed by atoms with Gasteiger partial charge in [0.15, 0.2) is 0 Å². The van der Waals surface area contributed by atoms with Gasteiger partial charge in [-0.1, -0.05) is 0 Å². The predicted octanol–water partition coefficient (Wildman–Crippen LogP) is 0.192. The van der Waals surface area contributed by atoms with Crippen molar-refractivity contribution >= 4 is 0 Å². The molecule has 1 heterocycles. The SMILES string of the molecule is CNC1(CO)COc2cc(O)ccc21. The van der Waals surface area contributed by atoms with Gasteiger partial charge in [-0.25, -0.2) is 0 Å². The van der Waals surface area contributed by atoms with Gasteiger partial charge in [0, 0.05) is 11.6 Å². The lowest BCUT2D eigenvalue weighted by Gasteiger charge is -2.24. The third-order valence-electron chi connectivity index (χ3n) is 2.70. The van der Waals surface area contributed by atoms with E-state index in [9.17, 15) is 10.2 Å². The highest BCUT2D eigenvalue weighted by Crippen LogP contribution is 2.38. The van der Waals surface area contributed by atoms with E-state index in [-0.39, 0.29) is 12.4 Å². The van der Waals surface area contributed by atoms with Gasteiger partial charge in [-0.15, -0.1) is 0 Å². The van der Waals surface area contributed by atoms with Crippen molar-refractivity contribution in [3.63, 3.8) is 0 Å². The summed E-state index contributed by atoms with van der Waals surface area (Å²) in [4.78, 5) is 0. The van der Waals surface area contributed by atoms with Gasteiger partial charge in [-0.2, -0.15) is 0 Å². The fourth-order valence-corrected chi connectivity index (χ4v) is 1.72. The molecule has 76 valence electrons. The maximum Gasteiger partial charge on any atom is 0.128 e. The first-order valence-corrected chi connectivity index (χ1v) is 4.48. The molecule has 3 N–H and O–H groups in total. The van der Waals surface area contributed by atoms with Gasteiger partial charge in [0.1, 0.15) is 23.6 Å². The summed E-state index contributed by atoms with van der Waals surface area (Å²) in [6.07, 6.45) is 0. The van der Waals surface area contributed by atoms with E-state index in [1.54, 1.807) is 25.2 Å². The Hall–Kier alpha value is -1.26. The van der Waals surface area contributed by atoms with Gasteiger partial charge in [0.05, 0.1) is 6.61 Å². The zero-order chi connectivity index (χ0) is 10.2. The molecule has 1 aromatic carbocycles. The van der Waals surface area contributed by atoms with Crippen molar-refractivity contribution in [2.75, 3.05) is 20.3 Å². The van der Waals surface area contributed by atoms with Gasteiger partial charge in [-0.05, 0) is 19.2 Å². The fraction of sp³-hybridized carbons (Fsp3) is 0.400. The molecule has 2 rings (SSSR count). The van der Waals surface area contributed by atoms with E-state index < -0.39 is 5.54 Å². The van der Waals surface area contributed by atoms with Crippen molar-refractivity contribution in [3.8, 4) is 11.5 Å². The second kappa shape index (κ2) is 3.15. The van der Waals surface area contributed by atoms with Crippen LogP contribution in [0.3, 0.4) is 0 Å². The summed E-state index contributed by atoms with van der Waals surface area (Å²) in [6, 6.07) is 4.92. The van der Waals surface area contributed by atoms with E-state index in [4.69, 9.17) is 4.74 Å². The topological polar surface area (TPSA) is 61.7 Å². The summed E-state index contributed by atoms with van der Waals surface area (Å²) >= 11 is 0. The van der Waals surface area contributed by atoms with Crippen LogP contribution in [0.5, 0.6) is 11.5 Å². The van der Waals surface area contributed by atoms with Crippen LogP contribution in [-0.4, -0.2) is 30.5 Å². The van der Waals surface area contributed by atoms with E-state index in [0.29, 0.717) is 12.4 Å². The van der Waals surface area contributed by atoms with Crippen LogP contribution in [0.4, 0.5) is 0 Å². The Labute approximate surface area is 82.1 Å². The van der Waals surface area contributed by atoms with Crippen molar-refractivity contribution in [2.45, 2.75) is 5.54 Å². The van der Waals surface area contributed by atoms with Crippen molar-refractivity contribution in [3.05, 3.63) is 23.8 Å². The van der Waals surface area contributed by atoms with Crippen LogP contribution in [-0.2, 0) is 5.54 Å². The largest absolute Gasteiger partial charge is 0.508 e. The molecule has 0 fully saturated rings. The Balaban J connectivity index is 2.48. The Kier molecular flexibility index (Phi) is 2.09. The predicted molar refractivity (Wildman–Crippen MR) is 51.4 cm³/mol. The molecule has 1 aliphatic rings. The third kappa shape index (κ3) is 1.15. The van der Waals surface area contributed by atoms with E-state index >= 15 is 0 Å². The van der Waals surface area contributed by atoms with Crippen LogP contribution < -0.4 is 10.1 Å². The highest BCUT2D eigenvalue weighted by molar-refractivity contribution is 5.47. The summed E-state index contributed by atoms with van der Waals surface area (Å²) in [7, 11) is 1.78. The molecule has 0 radical (unpaired) electrons. The van der Waals surface area contributed by atoms with Crippen LogP contribution in [0.1, 0.15) is 5.56 Å². The highest BCUT2D eigenvalue weighted by Gasteiger charge is 2.38. The number of likely N-dealkylation sites (N-methyl/N-ethyl adjacent to an activating group) is 1. The number of ether oxygens (including phenoxy) is 1. The second-order valence-corrected chi connectivity index (χ2v) is 3.46. The minimum atomic E-state index is -0.525. The molecule has 0 aliphatic carbocycles. The zero-order valence-corrected chi connectivity index (χ0v) is 7.95. The van der Waals surface area contributed by atoms with Crippen molar-refractivity contribution in [1.29, 1.82) is 0 Å². The lowest BCUT2D eigenvalue weighted by molar-refractivity contribution is 0.137. The molecule has 4 nitrogen and oxygen atoms in total. The molecule has 0 bridgehead atoms. The van der Waals surface area contributed by atoms with Crippen molar-refractivity contribution < 1.29 is 14.9 Å². The number of nitrogens with one attached hydrogen (secondary N) is 1. The molecule has 4 heteroatoms. The first-order chi connectivity index (χ1) is 6.72. The zero-order valence-electron chi connectivity index (χ0n) is 7.95. The maximum absolute atomic E-state index is 9.33. The fourth-order valence-electron chi connectivity index (χ4n) is 1.72. The number of aliphatic hydroxyl groups is 1. The van der Waals surface area contributed by atoms with Gasteiger partial charge in [0.25, 0.3) is 0 Å². The van der Waals surface area contributed by atoms with Crippen LogP contribution in [0, 0.1) is 0 Å². The quantitative estimate of drug-likeness (QED) is 0.630. The van der Waals surface area contributed by atoms with E-state index in [2.05, 4.69) is 5.32 Å².